The number of carbonyl (C=O) groups excluding carboxylic acids is 1. The molecule has 1 aromatic heterocycles. The number of ether oxygens (including phenoxy) is 1. The maximum absolute atomic E-state index is 11.5. The van der Waals surface area contributed by atoms with Gasteiger partial charge in [-0.25, -0.2) is 4.79 Å². The van der Waals surface area contributed by atoms with Gasteiger partial charge in [-0.1, -0.05) is 19.9 Å². The fourth-order valence-electron chi connectivity index (χ4n) is 1.98. The van der Waals surface area contributed by atoms with Gasteiger partial charge in [0.25, 0.3) is 0 Å². The van der Waals surface area contributed by atoms with Gasteiger partial charge < -0.3 is 9.30 Å². The average Bonchev–Trinajstić information content (AvgIpc) is 2.70. The Morgan fingerprint density at radius 2 is 2.12 bits per heavy atom. The minimum absolute atomic E-state index is 0.288. The number of nitrogens with zero attached hydrogens (tertiary/aromatic N) is 1. The third-order valence-electron chi connectivity index (χ3n) is 2.76. The zero-order valence-electron chi connectivity index (χ0n) is 10.4. The highest BCUT2D eigenvalue weighted by molar-refractivity contribution is 5.94. The van der Waals surface area contributed by atoms with Crippen molar-refractivity contribution in [3.05, 3.63) is 36.0 Å². The molecule has 17 heavy (non-hydrogen) atoms. The van der Waals surface area contributed by atoms with Gasteiger partial charge in [-0.15, -0.1) is 0 Å². The van der Waals surface area contributed by atoms with E-state index in [4.69, 9.17) is 4.74 Å². The number of aromatic nitrogens is 1. The molecule has 0 aliphatic carbocycles. The van der Waals surface area contributed by atoms with Crippen molar-refractivity contribution in [2.24, 2.45) is 5.92 Å². The first-order valence-corrected chi connectivity index (χ1v) is 5.79. The molecule has 0 aliphatic heterocycles. The van der Waals surface area contributed by atoms with E-state index in [0.717, 1.165) is 17.4 Å². The summed E-state index contributed by atoms with van der Waals surface area (Å²) < 4.78 is 6.91. The van der Waals surface area contributed by atoms with Gasteiger partial charge >= 0.3 is 5.97 Å². The zero-order chi connectivity index (χ0) is 12.4. The Kier molecular flexibility index (Phi) is 3.18. The van der Waals surface area contributed by atoms with Crippen LogP contribution >= 0.6 is 0 Å². The van der Waals surface area contributed by atoms with Crippen LogP contribution in [0.1, 0.15) is 24.2 Å². The SMILES string of the molecule is COC(=O)c1ccc2ccn(CC(C)C)c2c1. The summed E-state index contributed by atoms with van der Waals surface area (Å²) in [5.41, 5.74) is 1.69. The van der Waals surface area contributed by atoms with Gasteiger partial charge in [0.1, 0.15) is 0 Å². The summed E-state index contributed by atoms with van der Waals surface area (Å²) in [5.74, 6) is 0.288. The Bertz CT molecular complexity index is 540. The summed E-state index contributed by atoms with van der Waals surface area (Å²) in [7, 11) is 1.40. The van der Waals surface area contributed by atoms with E-state index in [0.29, 0.717) is 11.5 Å². The maximum atomic E-state index is 11.5. The molecule has 0 fully saturated rings. The minimum Gasteiger partial charge on any atom is -0.465 e. The van der Waals surface area contributed by atoms with Crippen molar-refractivity contribution in [3.63, 3.8) is 0 Å². The molecule has 0 N–H and O–H groups in total. The highest BCUT2D eigenvalue weighted by atomic mass is 16.5. The molecule has 2 rings (SSSR count). The van der Waals surface area contributed by atoms with Crippen molar-refractivity contribution in [2.75, 3.05) is 7.11 Å². The molecule has 3 heteroatoms. The maximum Gasteiger partial charge on any atom is 0.337 e. The van der Waals surface area contributed by atoms with Crippen molar-refractivity contribution in [3.8, 4) is 0 Å². The monoisotopic (exact) mass is 231 g/mol. The number of hydrogen-bond acceptors (Lipinski definition) is 2. The normalized spacial score (nSPS) is 11.1. The largest absolute Gasteiger partial charge is 0.465 e. The molecule has 1 aromatic carbocycles. The second kappa shape index (κ2) is 4.62. The molecule has 3 nitrogen and oxygen atoms in total. The number of carbonyl (C=O) groups is 1. The van der Waals surface area contributed by atoms with Crippen LogP contribution in [-0.4, -0.2) is 17.6 Å². The van der Waals surface area contributed by atoms with Crippen LogP contribution in [0.15, 0.2) is 30.5 Å². The minimum atomic E-state index is -0.288. The number of hydrogen-bond donors (Lipinski definition) is 0. The molecule has 0 bridgehead atoms. The molecule has 90 valence electrons. The van der Waals surface area contributed by atoms with E-state index in [9.17, 15) is 4.79 Å². The second-order valence-corrected chi connectivity index (χ2v) is 4.63. The molecule has 0 aliphatic rings. The number of rotatable bonds is 3. The standard InChI is InChI=1S/C14H17NO2/c1-10(2)9-15-7-6-11-4-5-12(8-13(11)15)14(16)17-3/h4-8,10H,9H2,1-3H3. The van der Waals surface area contributed by atoms with Crippen LogP contribution in [0.5, 0.6) is 0 Å². The van der Waals surface area contributed by atoms with E-state index in [1.165, 1.54) is 7.11 Å². The number of esters is 1. The Morgan fingerprint density at radius 3 is 2.76 bits per heavy atom. The van der Waals surface area contributed by atoms with Crippen LogP contribution in [0, 0.1) is 5.92 Å². The van der Waals surface area contributed by atoms with Gasteiger partial charge in [0.15, 0.2) is 0 Å². The Labute approximate surface area is 101 Å². The molecular weight excluding hydrogens is 214 g/mol. The predicted octanol–water partition coefficient (Wildman–Crippen LogP) is 3.08. The third-order valence-corrected chi connectivity index (χ3v) is 2.76. The Balaban J connectivity index is 2.46. The lowest BCUT2D eigenvalue weighted by Gasteiger charge is -2.08. The van der Waals surface area contributed by atoms with Crippen molar-refractivity contribution in [1.82, 2.24) is 4.57 Å². The van der Waals surface area contributed by atoms with Crippen LogP contribution in [0.25, 0.3) is 10.9 Å². The number of fused-ring (bicyclic) bond motifs is 1. The van der Waals surface area contributed by atoms with Crippen LogP contribution in [0.3, 0.4) is 0 Å². The molecule has 0 unspecified atom stereocenters. The average molecular weight is 231 g/mol. The van der Waals surface area contributed by atoms with Gasteiger partial charge in [-0.05, 0) is 29.5 Å². The predicted molar refractivity (Wildman–Crippen MR) is 68.1 cm³/mol. The van der Waals surface area contributed by atoms with Crippen LogP contribution in [-0.2, 0) is 11.3 Å². The molecular formula is C14H17NO2. The van der Waals surface area contributed by atoms with E-state index < -0.39 is 0 Å². The van der Waals surface area contributed by atoms with E-state index in [1.807, 2.05) is 12.1 Å². The van der Waals surface area contributed by atoms with Crippen molar-refractivity contribution < 1.29 is 9.53 Å². The highest BCUT2D eigenvalue weighted by Gasteiger charge is 2.08. The first kappa shape index (κ1) is 11.7. The molecule has 0 amide bonds. The topological polar surface area (TPSA) is 31.2 Å². The van der Waals surface area contributed by atoms with Gasteiger partial charge in [-0.3, -0.25) is 0 Å². The fraction of sp³-hybridized carbons (Fsp3) is 0.357. The van der Waals surface area contributed by atoms with Gasteiger partial charge in [0.2, 0.25) is 0 Å². The number of methoxy groups -OCH3 is 1. The summed E-state index contributed by atoms with van der Waals surface area (Å²) in [4.78, 5) is 11.5. The second-order valence-electron chi connectivity index (χ2n) is 4.63. The number of benzene rings is 1. The first-order chi connectivity index (χ1) is 8.11. The van der Waals surface area contributed by atoms with Crippen molar-refractivity contribution in [1.29, 1.82) is 0 Å². The van der Waals surface area contributed by atoms with Gasteiger partial charge in [0, 0.05) is 18.3 Å². The van der Waals surface area contributed by atoms with Gasteiger partial charge in [-0.2, -0.15) is 0 Å². The molecule has 0 radical (unpaired) electrons. The quantitative estimate of drug-likeness (QED) is 0.760. The summed E-state index contributed by atoms with van der Waals surface area (Å²) in [6.07, 6.45) is 2.06. The zero-order valence-corrected chi connectivity index (χ0v) is 10.4. The lowest BCUT2D eigenvalue weighted by molar-refractivity contribution is 0.0601. The first-order valence-electron chi connectivity index (χ1n) is 5.79. The Hall–Kier alpha value is -1.77. The smallest absolute Gasteiger partial charge is 0.337 e. The summed E-state index contributed by atoms with van der Waals surface area (Å²) in [6.45, 7) is 5.31. The summed E-state index contributed by atoms with van der Waals surface area (Å²) in [5, 5.41) is 1.15. The van der Waals surface area contributed by atoms with Crippen molar-refractivity contribution >= 4 is 16.9 Å². The van der Waals surface area contributed by atoms with E-state index in [-0.39, 0.29) is 5.97 Å². The van der Waals surface area contributed by atoms with E-state index in [1.54, 1.807) is 6.07 Å². The van der Waals surface area contributed by atoms with Gasteiger partial charge in [0.05, 0.1) is 12.7 Å². The molecule has 0 saturated heterocycles. The lowest BCUT2D eigenvalue weighted by Crippen LogP contribution is -2.04. The van der Waals surface area contributed by atoms with Crippen LogP contribution in [0.4, 0.5) is 0 Å². The molecule has 0 saturated carbocycles. The molecule has 2 aromatic rings. The summed E-state index contributed by atoms with van der Waals surface area (Å²) in [6, 6.07) is 7.72. The van der Waals surface area contributed by atoms with Crippen LogP contribution in [0.2, 0.25) is 0 Å². The lowest BCUT2D eigenvalue weighted by atomic mass is 10.1. The van der Waals surface area contributed by atoms with E-state index in [2.05, 4.69) is 30.7 Å². The van der Waals surface area contributed by atoms with E-state index >= 15 is 0 Å². The highest BCUT2D eigenvalue weighted by Crippen LogP contribution is 2.19. The Morgan fingerprint density at radius 1 is 1.35 bits per heavy atom. The fourth-order valence-corrected chi connectivity index (χ4v) is 1.98. The molecule has 0 atom stereocenters. The third kappa shape index (κ3) is 2.33. The summed E-state index contributed by atoms with van der Waals surface area (Å²) >= 11 is 0. The van der Waals surface area contributed by atoms with Crippen molar-refractivity contribution in [2.45, 2.75) is 20.4 Å². The molecule has 1 heterocycles. The van der Waals surface area contributed by atoms with Crippen LogP contribution < -0.4 is 0 Å². The molecule has 0 spiro atoms.